The maximum atomic E-state index is 12.6. The van der Waals surface area contributed by atoms with E-state index in [1.807, 2.05) is 7.05 Å². The highest BCUT2D eigenvalue weighted by Crippen LogP contribution is 2.37. The predicted molar refractivity (Wildman–Crippen MR) is 78.7 cm³/mol. The normalized spacial score (nSPS) is 19.3. The Morgan fingerprint density at radius 2 is 2.32 bits per heavy atom. The van der Waals surface area contributed by atoms with Crippen molar-refractivity contribution >= 4 is 17.7 Å². The average molecular weight is 333 g/mol. The van der Waals surface area contributed by atoms with Crippen molar-refractivity contribution in [1.29, 1.82) is 0 Å². The Kier molecular flexibility index (Phi) is 5.69. The third kappa shape index (κ3) is 4.61. The van der Waals surface area contributed by atoms with Gasteiger partial charge in [0.15, 0.2) is 0 Å². The summed E-state index contributed by atoms with van der Waals surface area (Å²) < 4.78 is 37.7. The lowest BCUT2D eigenvalue weighted by atomic mass is 9.97. The van der Waals surface area contributed by atoms with E-state index in [0.717, 1.165) is 19.4 Å². The Morgan fingerprint density at radius 3 is 3.00 bits per heavy atom. The second-order valence-corrected chi connectivity index (χ2v) is 6.27. The number of hydrogen-bond acceptors (Lipinski definition) is 4. The van der Waals surface area contributed by atoms with Crippen molar-refractivity contribution in [2.75, 3.05) is 26.7 Å². The van der Waals surface area contributed by atoms with Gasteiger partial charge in [-0.3, -0.25) is 4.79 Å². The monoisotopic (exact) mass is 333 g/mol. The largest absolute Gasteiger partial charge is 0.447 e. The molecule has 0 radical (unpaired) electrons. The molecule has 0 aromatic carbocycles. The topological polar surface area (TPSA) is 45.2 Å². The standard InChI is InChI=1S/C14H18F3N3OS/c1-18-8-10-4-3-7-20(9-10)13(21)11-5-2-6-19-12(11)22-14(15,16)17/h2,5-6,10,18H,3-4,7-9H2,1H3. The van der Waals surface area contributed by atoms with E-state index >= 15 is 0 Å². The van der Waals surface area contributed by atoms with Crippen LogP contribution in [0.3, 0.4) is 0 Å². The Hall–Kier alpha value is -1.28. The summed E-state index contributed by atoms with van der Waals surface area (Å²) in [5.74, 6) is -0.0428. The van der Waals surface area contributed by atoms with E-state index in [1.165, 1.54) is 18.3 Å². The number of aromatic nitrogens is 1. The number of rotatable bonds is 4. The Bertz CT molecular complexity index is 522. The fourth-order valence-corrected chi connectivity index (χ4v) is 3.22. The zero-order valence-corrected chi connectivity index (χ0v) is 13.0. The summed E-state index contributed by atoms with van der Waals surface area (Å²) in [4.78, 5) is 17.9. The highest BCUT2D eigenvalue weighted by molar-refractivity contribution is 8.00. The summed E-state index contributed by atoms with van der Waals surface area (Å²) in [7, 11) is 1.85. The number of pyridine rings is 1. The second-order valence-electron chi connectivity index (χ2n) is 5.22. The van der Waals surface area contributed by atoms with Gasteiger partial charge in [0.1, 0.15) is 5.03 Å². The number of nitrogens with zero attached hydrogens (tertiary/aromatic N) is 2. The highest BCUT2D eigenvalue weighted by atomic mass is 32.2. The number of hydrogen-bond donors (Lipinski definition) is 1. The van der Waals surface area contributed by atoms with Crippen LogP contribution in [-0.2, 0) is 0 Å². The molecule has 8 heteroatoms. The molecule has 0 aliphatic carbocycles. The smallest absolute Gasteiger partial charge is 0.338 e. The van der Waals surface area contributed by atoms with E-state index in [0.29, 0.717) is 19.0 Å². The van der Waals surface area contributed by atoms with Crippen molar-refractivity contribution in [2.45, 2.75) is 23.4 Å². The Labute approximate surface area is 131 Å². The molecule has 1 N–H and O–H groups in total. The van der Waals surface area contributed by atoms with Gasteiger partial charge in [-0.15, -0.1) is 0 Å². The van der Waals surface area contributed by atoms with Crippen LogP contribution in [0.2, 0.25) is 0 Å². The molecule has 2 heterocycles. The first kappa shape index (κ1) is 17.1. The minimum atomic E-state index is -4.46. The molecule has 0 bridgehead atoms. The van der Waals surface area contributed by atoms with Crippen molar-refractivity contribution in [3.05, 3.63) is 23.9 Å². The van der Waals surface area contributed by atoms with Crippen LogP contribution in [0.15, 0.2) is 23.4 Å². The molecule has 1 aromatic rings. The lowest BCUT2D eigenvalue weighted by molar-refractivity contribution is -0.0329. The molecule has 2 rings (SSSR count). The van der Waals surface area contributed by atoms with Gasteiger partial charge < -0.3 is 10.2 Å². The van der Waals surface area contributed by atoms with Gasteiger partial charge in [0.05, 0.1) is 5.56 Å². The fourth-order valence-electron chi connectivity index (χ4n) is 2.62. The van der Waals surface area contributed by atoms with Gasteiger partial charge in [-0.25, -0.2) is 4.98 Å². The molecular formula is C14H18F3N3OS. The maximum Gasteiger partial charge on any atom is 0.447 e. The summed E-state index contributed by atoms with van der Waals surface area (Å²) in [6, 6.07) is 2.90. The number of amides is 1. The number of carbonyl (C=O) groups excluding carboxylic acids is 1. The molecule has 1 aliphatic rings. The van der Waals surface area contributed by atoms with Crippen molar-refractivity contribution in [1.82, 2.24) is 15.2 Å². The third-order valence-corrected chi connectivity index (χ3v) is 4.26. The number of carbonyl (C=O) groups is 1. The number of nitrogens with one attached hydrogen (secondary N) is 1. The molecule has 4 nitrogen and oxygen atoms in total. The van der Waals surface area contributed by atoms with Crippen LogP contribution in [0.25, 0.3) is 0 Å². The van der Waals surface area contributed by atoms with E-state index in [1.54, 1.807) is 4.90 Å². The summed E-state index contributed by atoms with van der Waals surface area (Å²) >= 11 is -0.340. The number of thioether (sulfide) groups is 1. The van der Waals surface area contributed by atoms with E-state index in [4.69, 9.17) is 0 Å². The molecule has 1 fully saturated rings. The third-order valence-electron chi connectivity index (χ3n) is 3.51. The quantitative estimate of drug-likeness (QED) is 0.861. The van der Waals surface area contributed by atoms with Crippen LogP contribution >= 0.6 is 11.8 Å². The predicted octanol–water partition coefficient (Wildman–Crippen LogP) is 2.77. The first-order valence-corrected chi connectivity index (χ1v) is 7.87. The van der Waals surface area contributed by atoms with Gasteiger partial charge in [0.25, 0.3) is 5.91 Å². The van der Waals surface area contributed by atoms with E-state index < -0.39 is 5.51 Å². The van der Waals surface area contributed by atoms with Crippen molar-refractivity contribution in [3.63, 3.8) is 0 Å². The molecule has 1 saturated heterocycles. The summed E-state index contributed by atoms with van der Waals surface area (Å²) in [5, 5.41) is 2.79. The van der Waals surface area contributed by atoms with Crippen LogP contribution in [-0.4, -0.2) is 48.0 Å². The molecule has 1 amide bonds. The molecule has 122 valence electrons. The second kappa shape index (κ2) is 7.32. The first-order chi connectivity index (χ1) is 10.4. The van der Waals surface area contributed by atoms with Crippen LogP contribution < -0.4 is 5.32 Å². The maximum absolute atomic E-state index is 12.6. The summed E-state index contributed by atoms with van der Waals surface area (Å²) in [6.07, 6.45) is 3.15. The first-order valence-electron chi connectivity index (χ1n) is 7.05. The van der Waals surface area contributed by atoms with E-state index in [-0.39, 0.29) is 28.3 Å². The average Bonchev–Trinajstić information content (AvgIpc) is 2.46. The van der Waals surface area contributed by atoms with Crippen LogP contribution in [0.1, 0.15) is 23.2 Å². The van der Waals surface area contributed by atoms with Crippen molar-refractivity contribution < 1.29 is 18.0 Å². The highest BCUT2D eigenvalue weighted by Gasteiger charge is 2.33. The molecule has 0 saturated carbocycles. The molecule has 1 unspecified atom stereocenters. The number of piperidine rings is 1. The summed E-state index contributed by atoms with van der Waals surface area (Å²) in [6.45, 7) is 1.93. The van der Waals surface area contributed by atoms with Gasteiger partial charge in [0.2, 0.25) is 0 Å². The van der Waals surface area contributed by atoms with Crippen LogP contribution in [0.4, 0.5) is 13.2 Å². The van der Waals surface area contributed by atoms with Crippen molar-refractivity contribution in [3.8, 4) is 0 Å². The fraction of sp³-hybridized carbons (Fsp3) is 0.571. The van der Waals surface area contributed by atoms with Gasteiger partial charge in [-0.2, -0.15) is 13.2 Å². The summed E-state index contributed by atoms with van der Waals surface area (Å²) in [5.41, 5.74) is -4.44. The Morgan fingerprint density at radius 1 is 1.55 bits per heavy atom. The minimum absolute atomic E-state index is 0.0231. The molecule has 1 aromatic heterocycles. The Balaban J connectivity index is 2.15. The number of halogens is 3. The van der Waals surface area contributed by atoms with Gasteiger partial charge in [-0.1, -0.05) is 0 Å². The zero-order valence-electron chi connectivity index (χ0n) is 12.2. The van der Waals surface area contributed by atoms with E-state index in [9.17, 15) is 18.0 Å². The zero-order chi connectivity index (χ0) is 16.2. The molecule has 0 spiro atoms. The number of alkyl halides is 3. The van der Waals surface area contributed by atoms with E-state index in [2.05, 4.69) is 10.3 Å². The molecule has 1 atom stereocenters. The van der Waals surface area contributed by atoms with Gasteiger partial charge in [-0.05, 0) is 44.5 Å². The lowest BCUT2D eigenvalue weighted by Crippen LogP contribution is -2.42. The number of likely N-dealkylation sites (tertiary alicyclic amines) is 1. The SMILES string of the molecule is CNCC1CCCN(C(=O)c2cccnc2SC(F)(F)F)C1. The minimum Gasteiger partial charge on any atom is -0.338 e. The van der Waals surface area contributed by atoms with Crippen LogP contribution in [0.5, 0.6) is 0 Å². The molecular weight excluding hydrogens is 315 g/mol. The van der Waals surface area contributed by atoms with Gasteiger partial charge >= 0.3 is 5.51 Å². The van der Waals surface area contributed by atoms with Crippen molar-refractivity contribution in [2.24, 2.45) is 5.92 Å². The van der Waals surface area contributed by atoms with Crippen LogP contribution in [0, 0.1) is 5.92 Å². The lowest BCUT2D eigenvalue weighted by Gasteiger charge is -2.33. The molecule has 22 heavy (non-hydrogen) atoms. The molecule has 1 aliphatic heterocycles. The van der Waals surface area contributed by atoms with Gasteiger partial charge in [0, 0.05) is 31.0 Å².